The maximum absolute atomic E-state index is 10.3. The number of carbonyl (C=O) groups is 1. The number of anilines is 1. The Kier molecular flexibility index (Phi) is 3.73. The molecule has 0 aliphatic rings. The molecule has 0 amide bonds. The van der Waals surface area contributed by atoms with Crippen LogP contribution in [0.5, 0.6) is 0 Å². The molecule has 0 bridgehead atoms. The summed E-state index contributed by atoms with van der Waals surface area (Å²) < 4.78 is 0. The van der Waals surface area contributed by atoms with E-state index in [0.717, 1.165) is 0 Å². The Bertz CT molecular complexity index is 362. The molecule has 14 heavy (non-hydrogen) atoms. The van der Waals surface area contributed by atoms with Gasteiger partial charge in [-0.2, -0.15) is 5.10 Å². The molecule has 0 saturated carbocycles. The van der Waals surface area contributed by atoms with E-state index in [9.17, 15) is 4.79 Å². The van der Waals surface area contributed by atoms with E-state index < -0.39 is 11.1 Å². The SMILES string of the molecule is O=C(O)/C(Cl)=N/Nc1ccc(Cl)cc1. The van der Waals surface area contributed by atoms with Crippen LogP contribution in [0.2, 0.25) is 5.02 Å². The van der Waals surface area contributed by atoms with Crippen LogP contribution in [-0.2, 0) is 4.79 Å². The van der Waals surface area contributed by atoms with Gasteiger partial charge >= 0.3 is 5.97 Å². The molecular weight excluding hydrogens is 227 g/mol. The third-order valence-corrected chi connectivity index (χ3v) is 1.80. The first-order chi connectivity index (χ1) is 6.59. The van der Waals surface area contributed by atoms with Crippen molar-refractivity contribution in [2.24, 2.45) is 5.10 Å². The topological polar surface area (TPSA) is 61.7 Å². The van der Waals surface area contributed by atoms with E-state index in [1.807, 2.05) is 0 Å². The Morgan fingerprint density at radius 1 is 1.36 bits per heavy atom. The maximum Gasteiger partial charge on any atom is 0.368 e. The number of nitrogens with one attached hydrogen (secondary N) is 1. The van der Waals surface area contributed by atoms with Gasteiger partial charge in [0.2, 0.25) is 5.17 Å². The van der Waals surface area contributed by atoms with Crippen LogP contribution in [0.1, 0.15) is 0 Å². The zero-order valence-electron chi connectivity index (χ0n) is 6.87. The van der Waals surface area contributed by atoms with Crippen molar-refractivity contribution in [1.29, 1.82) is 0 Å². The number of rotatable bonds is 3. The number of benzene rings is 1. The summed E-state index contributed by atoms with van der Waals surface area (Å²) >= 11 is 10.9. The summed E-state index contributed by atoms with van der Waals surface area (Å²) in [6.45, 7) is 0. The summed E-state index contributed by atoms with van der Waals surface area (Å²) in [5.74, 6) is -1.28. The average molecular weight is 233 g/mol. The Morgan fingerprint density at radius 2 is 1.93 bits per heavy atom. The Labute approximate surface area is 90.1 Å². The minimum atomic E-state index is -1.28. The quantitative estimate of drug-likeness (QED) is 0.622. The van der Waals surface area contributed by atoms with E-state index in [1.54, 1.807) is 24.3 Å². The molecule has 4 nitrogen and oxygen atoms in total. The van der Waals surface area contributed by atoms with Crippen molar-refractivity contribution in [3.8, 4) is 0 Å². The molecule has 6 heteroatoms. The van der Waals surface area contributed by atoms with E-state index in [-0.39, 0.29) is 0 Å². The number of halogens is 2. The van der Waals surface area contributed by atoms with Crippen LogP contribution in [0.3, 0.4) is 0 Å². The molecule has 0 aliphatic carbocycles. The van der Waals surface area contributed by atoms with Crippen molar-refractivity contribution < 1.29 is 9.90 Å². The lowest BCUT2D eigenvalue weighted by Crippen LogP contribution is -2.07. The van der Waals surface area contributed by atoms with E-state index in [1.165, 1.54) is 0 Å². The molecule has 0 atom stereocenters. The van der Waals surface area contributed by atoms with Gasteiger partial charge in [-0.05, 0) is 24.3 Å². The van der Waals surface area contributed by atoms with Gasteiger partial charge in [-0.3, -0.25) is 5.43 Å². The average Bonchev–Trinajstić information content (AvgIpc) is 2.16. The molecule has 0 heterocycles. The Hall–Kier alpha value is -1.26. The standard InChI is InChI=1S/C8H6Cl2N2O2/c9-5-1-3-6(4-2-5)11-12-7(10)8(13)14/h1-4,11H,(H,13,14)/b12-7-. The monoisotopic (exact) mass is 232 g/mol. The molecule has 0 aromatic heterocycles. The molecule has 74 valence electrons. The second-order valence-corrected chi connectivity index (χ2v) is 3.12. The first kappa shape index (κ1) is 10.8. The number of hydrogen-bond donors (Lipinski definition) is 2. The predicted octanol–water partition coefficient (Wildman–Crippen LogP) is 2.39. The zero-order chi connectivity index (χ0) is 10.6. The van der Waals surface area contributed by atoms with Gasteiger partial charge in [-0.1, -0.05) is 23.2 Å². The minimum Gasteiger partial charge on any atom is -0.476 e. The lowest BCUT2D eigenvalue weighted by Gasteiger charge is -1.99. The highest BCUT2D eigenvalue weighted by molar-refractivity contribution is 6.81. The lowest BCUT2D eigenvalue weighted by atomic mass is 10.3. The van der Waals surface area contributed by atoms with Crippen LogP contribution in [0, 0.1) is 0 Å². The highest BCUT2D eigenvalue weighted by Gasteiger charge is 2.03. The number of aliphatic carboxylic acids is 1. The van der Waals surface area contributed by atoms with Crippen LogP contribution in [0.25, 0.3) is 0 Å². The van der Waals surface area contributed by atoms with Gasteiger partial charge in [-0.15, -0.1) is 0 Å². The number of nitrogens with zero attached hydrogens (tertiary/aromatic N) is 1. The summed E-state index contributed by atoms with van der Waals surface area (Å²) in [5, 5.41) is 11.9. The summed E-state index contributed by atoms with van der Waals surface area (Å²) in [5.41, 5.74) is 3.07. The molecule has 0 saturated heterocycles. The van der Waals surface area contributed by atoms with Crippen LogP contribution in [0.4, 0.5) is 5.69 Å². The van der Waals surface area contributed by atoms with Crippen LogP contribution in [0.15, 0.2) is 29.4 Å². The molecule has 1 aromatic rings. The highest BCUT2D eigenvalue weighted by atomic mass is 35.5. The van der Waals surface area contributed by atoms with Crippen molar-refractivity contribution in [1.82, 2.24) is 0 Å². The number of carboxylic acid groups (broad SMARTS) is 1. The number of carboxylic acids is 1. The van der Waals surface area contributed by atoms with Gasteiger partial charge in [0.1, 0.15) is 0 Å². The van der Waals surface area contributed by atoms with Gasteiger partial charge in [0.25, 0.3) is 0 Å². The van der Waals surface area contributed by atoms with Crippen molar-refractivity contribution in [2.45, 2.75) is 0 Å². The molecule has 2 N–H and O–H groups in total. The molecule has 0 unspecified atom stereocenters. The van der Waals surface area contributed by atoms with Crippen LogP contribution in [-0.4, -0.2) is 16.2 Å². The summed E-state index contributed by atoms with van der Waals surface area (Å²) in [6, 6.07) is 6.60. The summed E-state index contributed by atoms with van der Waals surface area (Å²) in [4.78, 5) is 10.3. The van der Waals surface area contributed by atoms with E-state index in [2.05, 4.69) is 10.5 Å². The second kappa shape index (κ2) is 4.83. The van der Waals surface area contributed by atoms with Gasteiger partial charge in [0.05, 0.1) is 5.69 Å². The van der Waals surface area contributed by atoms with Gasteiger partial charge in [0.15, 0.2) is 0 Å². The molecule has 0 radical (unpaired) electrons. The molecule has 0 aliphatic heterocycles. The van der Waals surface area contributed by atoms with E-state index >= 15 is 0 Å². The Morgan fingerprint density at radius 3 is 2.43 bits per heavy atom. The van der Waals surface area contributed by atoms with Gasteiger partial charge < -0.3 is 5.11 Å². The van der Waals surface area contributed by atoms with Crippen LogP contribution < -0.4 is 5.43 Å². The minimum absolute atomic E-state index is 0.528. The van der Waals surface area contributed by atoms with E-state index in [0.29, 0.717) is 10.7 Å². The predicted molar refractivity (Wildman–Crippen MR) is 56.0 cm³/mol. The molecular formula is C8H6Cl2N2O2. The second-order valence-electron chi connectivity index (χ2n) is 2.33. The first-order valence-corrected chi connectivity index (χ1v) is 4.33. The smallest absolute Gasteiger partial charge is 0.368 e. The molecule has 1 aromatic carbocycles. The third-order valence-electron chi connectivity index (χ3n) is 1.30. The Balaban J connectivity index is 2.66. The van der Waals surface area contributed by atoms with Gasteiger partial charge in [0, 0.05) is 5.02 Å². The third kappa shape index (κ3) is 3.24. The van der Waals surface area contributed by atoms with Gasteiger partial charge in [-0.25, -0.2) is 4.79 Å². The largest absolute Gasteiger partial charge is 0.476 e. The van der Waals surface area contributed by atoms with E-state index in [4.69, 9.17) is 28.3 Å². The van der Waals surface area contributed by atoms with Crippen molar-refractivity contribution in [2.75, 3.05) is 5.43 Å². The van der Waals surface area contributed by atoms with Crippen molar-refractivity contribution >= 4 is 40.0 Å². The molecule has 1 rings (SSSR count). The fourth-order valence-electron chi connectivity index (χ4n) is 0.686. The highest BCUT2D eigenvalue weighted by Crippen LogP contribution is 2.13. The lowest BCUT2D eigenvalue weighted by molar-refractivity contribution is -0.129. The first-order valence-electron chi connectivity index (χ1n) is 3.57. The normalized spacial score (nSPS) is 11.1. The molecule has 0 spiro atoms. The fraction of sp³-hybridized carbons (Fsp3) is 0. The van der Waals surface area contributed by atoms with Crippen molar-refractivity contribution in [3.05, 3.63) is 29.3 Å². The van der Waals surface area contributed by atoms with Crippen molar-refractivity contribution in [3.63, 3.8) is 0 Å². The summed E-state index contributed by atoms with van der Waals surface area (Å²) in [7, 11) is 0. The number of hydrazone groups is 1. The summed E-state index contributed by atoms with van der Waals surface area (Å²) in [6.07, 6.45) is 0. The number of hydrogen-bond acceptors (Lipinski definition) is 3. The zero-order valence-corrected chi connectivity index (χ0v) is 8.38. The van der Waals surface area contributed by atoms with Crippen LogP contribution >= 0.6 is 23.2 Å². The fourth-order valence-corrected chi connectivity index (χ4v) is 0.854. The maximum atomic E-state index is 10.3. The molecule has 0 fully saturated rings.